The first-order chi connectivity index (χ1) is 10.1. The molecule has 1 amide bonds. The Bertz CT molecular complexity index is 840. The highest BCUT2D eigenvalue weighted by Gasteiger charge is 2.08. The lowest BCUT2D eigenvalue weighted by molar-refractivity contribution is -0.111. The molecule has 0 atom stereocenters. The van der Waals surface area contributed by atoms with Crippen LogP contribution in [-0.2, 0) is 4.79 Å². The van der Waals surface area contributed by atoms with Crippen molar-refractivity contribution < 1.29 is 4.79 Å². The first-order valence-corrected chi connectivity index (χ1v) is 8.33. The van der Waals surface area contributed by atoms with Crippen molar-refractivity contribution in [1.82, 2.24) is 9.38 Å². The summed E-state index contributed by atoms with van der Waals surface area (Å²) in [5.41, 5.74) is 1.46. The van der Waals surface area contributed by atoms with Gasteiger partial charge in [0.25, 0.3) is 0 Å². The second-order valence-electron chi connectivity index (χ2n) is 4.18. The molecule has 0 saturated carbocycles. The van der Waals surface area contributed by atoms with E-state index in [1.165, 1.54) is 17.4 Å². The maximum absolute atomic E-state index is 11.9. The molecular formula is C14H9ClIN3OS. The van der Waals surface area contributed by atoms with E-state index in [1.807, 2.05) is 40.2 Å². The van der Waals surface area contributed by atoms with Crippen LogP contribution in [0, 0.1) is 3.57 Å². The summed E-state index contributed by atoms with van der Waals surface area (Å²) in [6, 6.07) is 7.60. The Morgan fingerprint density at radius 3 is 3.14 bits per heavy atom. The van der Waals surface area contributed by atoms with Crippen LogP contribution in [0.4, 0.5) is 5.69 Å². The van der Waals surface area contributed by atoms with Crippen molar-refractivity contribution >= 4 is 68.2 Å². The lowest BCUT2D eigenvalue weighted by Gasteiger charge is -2.02. The third kappa shape index (κ3) is 3.28. The molecule has 0 saturated heterocycles. The quantitative estimate of drug-likeness (QED) is 0.498. The Morgan fingerprint density at radius 1 is 1.48 bits per heavy atom. The first kappa shape index (κ1) is 14.6. The van der Waals surface area contributed by atoms with Gasteiger partial charge in [-0.25, -0.2) is 4.98 Å². The van der Waals surface area contributed by atoms with Gasteiger partial charge in [-0.1, -0.05) is 17.7 Å². The van der Waals surface area contributed by atoms with E-state index in [0.717, 1.165) is 14.2 Å². The van der Waals surface area contributed by atoms with Crippen molar-refractivity contribution in [1.29, 1.82) is 0 Å². The number of nitrogens with one attached hydrogen (secondary N) is 1. The number of aromatic nitrogens is 2. The normalized spacial score (nSPS) is 11.3. The Morgan fingerprint density at radius 2 is 2.33 bits per heavy atom. The van der Waals surface area contributed by atoms with Crippen molar-refractivity contribution in [3.8, 4) is 0 Å². The van der Waals surface area contributed by atoms with Crippen molar-refractivity contribution in [3.05, 3.63) is 56.3 Å². The maximum atomic E-state index is 11.9. The largest absolute Gasteiger partial charge is 0.322 e. The van der Waals surface area contributed by atoms with E-state index in [0.29, 0.717) is 10.8 Å². The van der Waals surface area contributed by atoms with E-state index >= 15 is 0 Å². The SMILES string of the molecule is O=C(/C=C/c1c(Cl)nc2sccn12)Nc1cccc(I)c1. The van der Waals surface area contributed by atoms with E-state index in [-0.39, 0.29) is 5.91 Å². The van der Waals surface area contributed by atoms with Crippen LogP contribution < -0.4 is 5.32 Å². The minimum absolute atomic E-state index is 0.210. The number of carbonyl (C=O) groups excluding carboxylic acids is 1. The molecule has 0 aliphatic rings. The molecule has 3 rings (SSSR count). The highest BCUT2D eigenvalue weighted by atomic mass is 127. The van der Waals surface area contributed by atoms with Crippen LogP contribution in [0.5, 0.6) is 0 Å². The number of amides is 1. The van der Waals surface area contributed by atoms with Crippen LogP contribution in [0.15, 0.2) is 41.9 Å². The summed E-state index contributed by atoms with van der Waals surface area (Å²) < 4.78 is 2.91. The minimum Gasteiger partial charge on any atom is -0.322 e. The molecule has 1 N–H and O–H groups in total. The van der Waals surface area contributed by atoms with Gasteiger partial charge in [0.05, 0.1) is 5.69 Å². The van der Waals surface area contributed by atoms with Gasteiger partial charge in [0.15, 0.2) is 10.1 Å². The fourth-order valence-electron chi connectivity index (χ4n) is 1.83. The van der Waals surface area contributed by atoms with Crippen LogP contribution in [0.1, 0.15) is 5.69 Å². The van der Waals surface area contributed by atoms with Gasteiger partial charge in [-0.3, -0.25) is 9.20 Å². The Hall–Kier alpha value is -1.38. The third-order valence-electron chi connectivity index (χ3n) is 2.74. The molecule has 21 heavy (non-hydrogen) atoms. The smallest absolute Gasteiger partial charge is 0.248 e. The van der Waals surface area contributed by atoms with E-state index in [1.54, 1.807) is 6.08 Å². The van der Waals surface area contributed by atoms with Gasteiger partial charge in [-0.15, -0.1) is 11.3 Å². The summed E-state index contributed by atoms with van der Waals surface area (Å²) in [5.74, 6) is -0.210. The zero-order chi connectivity index (χ0) is 14.8. The highest BCUT2D eigenvalue weighted by molar-refractivity contribution is 14.1. The molecule has 0 aliphatic carbocycles. The number of imidazole rings is 1. The molecule has 2 aromatic heterocycles. The molecule has 2 heterocycles. The number of anilines is 1. The number of halogens is 2. The lowest BCUT2D eigenvalue weighted by atomic mass is 10.3. The molecule has 0 unspecified atom stereocenters. The van der Waals surface area contributed by atoms with Gasteiger partial charge in [-0.05, 0) is 46.9 Å². The average molecular weight is 430 g/mol. The Kier molecular flexibility index (Phi) is 4.27. The fraction of sp³-hybridized carbons (Fsp3) is 0. The zero-order valence-corrected chi connectivity index (χ0v) is 14.3. The zero-order valence-electron chi connectivity index (χ0n) is 10.6. The Balaban J connectivity index is 1.78. The predicted octanol–water partition coefficient (Wildman–Crippen LogP) is 4.31. The van der Waals surface area contributed by atoms with Crippen LogP contribution in [0.25, 0.3) is 11.0 Å². The molecule has 0 radical (unpaired) electrons. The summed E-state index contributed by atoms with van der Waals surface area (Å²) in [5, 5.41) is 5.11. The van der Waals surface area contributed by atoms with E-state index < -0.39 is 0 Å². The van der Waals surface area contributed by atoms with Gasteiger partial charge >= 0.3 is 0 Å². The van der Waals surface area contributed by atoms with Crippen molar-refractivity contribution in [2.45, 2.75) is 0 Å². The number of benzene rings is 1. The summed E-state index contributed by atoms with van der Waals surface area (Å²) in [7, 11) is 0. The number of hydrogen-bond acceptors (Lipinski definition) is 3. The summed E-state index contributed by atoms with van der Waals surface area (Å²) >= 11 is 9.76. The van der Waals surface area contributed by atoms with Gasteiger partial charge in [0.1, 0.15) is 0 Å². The third-order valence-corrected chi connectivity index (χ3v) is 4.44. The molecule has 0 aliphatic heterocycles. The molecule has 0 bridgehead atoms. The van der Waals surface area contributed by atoms with Crippen LogP contribution in [-0.4, -0.2) is 15.3 Å². The number of fused-ring (bicyclic) bond motifs is 1. The number of carbonyl (C=O) groups is 1. The minimum atomic E-state index is -0.210. The van der Waals surface area contributed by atoms with E-state index in [4.69, 9.17) is 11.6 Å². The maximum Gasteiger partial charge on any atom is 0.248 e. The monoisotopic (exact) mass is 429 g/mol. The molecule has 106 valence electrons. The van der Waals surface area contributed by atoms with Gasteiger partial charge in [0, 0.05) is 26.9 Å². The van der Waals surface area contributed by atoms with E-state index in [9.17, 15) is 4.79 Å². The Labute approximate surface area is 143 Å². The second-order valence-corrected chi connectivity index (χ2v) is 6.65. The standard InChI is InChI=1S/C14H9ClIN3OS/c15-13-11(19-6-7-21-14(19)18-13)4-5-12(20)17-10-3-1-2-9(16)8-10/h1-8H,(H,17,20)/b5-4+. The van der Waals surface area contributed by atoms with Gasteiger partial charge in [0.2, 0.25) is 5.91 Å². The average Bonchev–Trinajstić information content (AvgIpc) is 2.97. The van der Waals surface area contributed by atoms with Crippen LogP contribution >= 0.6 is 45.5 Å². The predicted molar refractivity (Wildman–Crippen MR) is 94.9 cm³/mol. The molecule has 0 fully saturated rings. The number of hydrogen-bond donors (Lipinski definition) is 1. The lowest BCUT2D eigenvalue weighted by Crippen LogP contribution is -2.07. The van der Waals surface area contributed by atoms with Crippen molar-refractivity contribution in [2.24, 2.45) is 0 Å². The van der Waals surface area contributed by atoms with Gasteiger partial charge < -0.3 is 5.32 Å². The summed E-state index contributed by atoms with van der Waals surface area (Å²) in [6.07, 6.45) is 4.99. The number of thiazole rings is 1. The highest BCUT2D eigenvalue weighted by Crippen LogP contribution is 2.22. The van der Waals surface area contributed by atoms with Gasteiger partial charge in [-0.2, -0.15) is 0 Å². The topological polar surface area (TPSA) is 46.4 Å². The molecule has 0 spiro atoms. The number of rotatable bonds is 3. The molecular weight excluding hydrogens is 421 g/mol. The molecule has 7 heteroatoms. The fourth-order valence-corrected chi connectivity index (χ4v) is 3.38. The molecule has 3 aromatic rings. The van der Waals surface area contributed by atoms with E-state index in [2.05, 4.69) is 32.9 Å². The van der Waals surface area contributed by atoms with Crippen molar-refractivity contribution in [3.63, 3.8) is 0 Å². The first-order valence-electron chi connectivity index (χ1n) is 5.99. The van der Waals surface area contributed by atoms with Crippen molar-refractivity contribution in [2.75, 3.05) is 5.32 Å². The second kappa shape index (κ2) is 6.17. The van der Waals surface area contributed by atoms with Crippen LogP contribution in [0.3, 0.4) is 0 Å². The summed E-state index contributed by atoms with van der Waals surface area (Å²) in [6.45, 7) is 0. The molecule has 4 nitrogen and oxygen atoms in total. The number of nitrogens with zero attached hydrogens (tertiary/aromatic N) is 2. The van der Waals surface area contributed by atoms with Crippen LogP contribution in [0.2, 0.25) is 5.15 Å². The molecule has 1 aromatic carbocycles. The summed E-state index contributed by atoms with van der Waals surface area (Å²) in [4.78, 5) is 16.9.